The minimum atomic E-state index is -0.0680. The molecule has 15 heavy (non-hydrogen) atoms. The normalized spacial score (nSPS) is 31.5. The van der Waals surface area contributed by atoms with Gasteiger partial charge in [-0.3, -0.25) is 9.59 Å². The summed E-state index contributed by atoms with van der Waals surface area (Å²) in [7, 11) is 0. The maximum atomic E-state index is 12.0. The van der Waals surface area contributed by atoms with Crippen LogP contribution in [0.1, 0.15) is 13.3 Å². The molecule has 2 rings (SSSR count). The zero-order valence-electron chi connectivity index (χ0n) is 8.86. The zero-order valence-corrected chi connectivity index (χ0v) is 8.86. The van der Waals surface area contributed by atoms with Crippen LogP contribution in [0.4, 0.5) is 0 Å². The monoisotopic (exact) mass is 212 g/mol. The Bertz CT molecular complexity index is 280. The van der Waals surface area contributed by atoms with Crippen molar-refractivity contribution in [1.82, 2.24) is 10.2 Å². The lowest BCUT2D eigenvalue weighted by Crippen LogP contribution is -2.51. The summed E-state index contributed by atoms with van der Waals surface area (Å²) in [6.45, 7) is 3.85. The lowest BCUT2D eigenvalue weighted by molar-refractivity contribution is -0.141. The van der Waals surface area contributed by atoms with E-state index in [1.807, 2.05) is 6.92 Å². The maximum Gasteiger partial charge on any atom is 0.239 e. The van der Waals surface area contributed by atoms with Gasteiger partial charge in [-0.05, 0) is 13.3 Å². The molecular formula is C10H16N2O3. The molecule has 0 aromatic heterocycles. The second kappa shape index (κ2) is 4.18. The Labute approximate surface area is 88.8 Å². The molecule has 0 aliphatic carbocycles. The molecule has 2 heterocycles. The Morgan fingerprint density at radius 2 is 2.40 bits per heavy atom. The number of carbonyl (C=O) groups excluding carboxylic acids is 2. The van der Waals surface area contributed by atoms with E-state index in [1.165, 1.54) is 0 Å². The number of hydrogen-bond acceptors (Lipinski definition) is 3. The van der Waals surface area contributed by atoms with Gasteiger partial charge in [0, 0.05) is 13.1 Å². The fraction of sp³-hybridized carbons (Fsp3) is 0.800. The molecule has 2 amide bonds. The van der Waals surface area contributed by atoms with Gasteiger partial charge in [0.1, 0.15) is 0 Å². The molecule has 2 aliphatic heterocycles. The van der Waals surface area contributed by atoms with Gasteiger partial charge in [0.25, 0.3) is 0 Å². The average Bonchev–Trinajstić information content (AvgIpc) is 2.64. The zero-order chi connectivity index (χ0) is 10.8. The molecule has 84 valence electrons. The molecule has 2 fully saturated rings. The number of nitrogens with zero attached hydrogens (tertiary/aromatic N) is 1. The van der Waals surface area contributed by atoms with Crippen molar-refractivity contribution < 1.29 is 14.3 Å². The van der Waals surface area contributed by atoms with E-state index in [0.29, 0.717) is 19.7 Å². The van der Waals surface area contributed by atoms with Crippen molar-refractivity contribution in [2.75, 3.05) is 26.2 Å². The fourth-order valence-electron chi connectivity index (χ4n) is 2.07. The number of hydrogen-bond donors (Lipinski definition) is 1. The SMILES string of the molecule is CC1CC(C(=O)N2CCNC(=O)C2)CO1. The third-order valence-electron chi connectivity index (χ3n) is 2.90. The predicted octanol–water partition coefficient (Wildman–Crippen LogP) is -0.630. The lowest BCUT2D eigenvalue weighted by atomic mass is 10.0. The van der Waals surface area contributed by atoms with Gasteiger partial charge in [0.2, 0.25) is 11.8 Å². The molecule has 0 radical (unpaired) electrons. The van der Waals surface area contributed by atoms with Gasteiger partial charge >= 0.3 is 0 Å². The Morgan fingerprint density at radius 1 is 1.60 bits per heavy atom. The molecule has 2 atom stereocenters. The number of nitrogens with one attached hydrogen (secondary N) is 1. The molecule has 0 aromatic rings. The van der Waals surface area contributed by atoms with Gasteiger partial charge in [-0.15, -0.1) is 0 Å². The van der Waals surface area contributed by atoms with Crippen LogP contribution < -0.4 is 5.32 Å². The van der Waals surface area contributed by atoms with Gasteiger partial charge in [-0.25, -0.2) is 0 Å². The highest BCUT2D eigenvalue weighted by Gasteiger charge is 2.33. The van der Waals surface area contributed by atoms with Crippen LogP contribution in [-0.2, 0) is 14.3 Å². The summed E-state index contributed by atoms with van der Waals surface area (Å²) >= 11 is 0. The third kappa shape index (κ3) is 2.28. The van der Waals surface area contributed by atoms with Crippen LogP contribution in [0.2, 0.25) is 0 Å². The summed E-state index contributed by atoms with van der Waals surface area (Å²) < 4.78 is 5.36. The van der Waals surface area contributed by atoms with Gasteiger partial charge in [0.15, 0.2) is 0 Å². The third-order valence-corrected chi connectivity index (χ3v) is 2.90. The van der Waals surface area contributed by atoms with Crippen LogP contribution in [0.3, 0.4) is 0 Å². The highest BCUT2D eigenvalue weighted by Crippen LogP contribution is 2.21. The van der Waals surface area contributed by atoms with Crippen LogP contribution in [0, 0.1) is 5.92 Å². The summed E-state index contributed by atoms with van der Waals surface area (Å²) in [6, 6.07) is 0. The first-order valence-corrected chi connectivity index (χ1v) is 5.34. The van der Waals surface area contributed by atoms with E-state index in [0.717, 1.165) is 6.42 Å². The predicted molar refractivity (Wildman–Crippen MR) is 53.1 cm³/mol. The molecule has 0 aromatic carbocycles. The van der Waals surface area contributed by atoms with Gasteiger partial charge in [0.05, 0.1) is 25.2 Å². The number of ether oxygens (including phenoxy) is 1. The van der Waals surface area contributed by atoms with Crippen molar-refractivity contribution in [3.8, 4) is 0 Å². The van der Waals surface area contributed by atoms with E-state index in [-0.39, 0.29) is 30.4 Å². The molecule has 2 unspecified atom stereocenters. The first-order chi connectivity index (χ1) is 7.16. The Morgan fingerprint density at radius 3 is 3.00 bits per heavy atom. The summed E-state index contributed by atoms with van der Waals surface area (Å²) in [6.07, 6.45) is 0.939. The molecule has 2 aliphatic rings. The average molecular weight is 212 g/mol. The molecule has 2 saturated heterocycles. The van der Waals surface area contributed by atoms with Crippen LogP contribution in [0.5, 0.6) is 0 Å². The van der Waals surface area contributed by atoms with Gasteiger partial charge in [-0.2, -0.15) is 0 Å². The topological polar surface area (TPSA) is 58.6 Å². The van der Waals surface area contributed by atoms with E-state index in [2.05, 4.69) is 5.32 Å². The van der Waals surface area contributed by atoms with Gasteiger partial charge < -0.3 is 15.0 Å². The van der Waals surface area contributed by atoms with E-state index in [9.17, 15) is 9.59 Å². The van der Waals surface area contributed by atoms with Crippen molar-refractivity contribution in [1.29, 1.82) is 0 Å². The van der Waals surface area contributed by atoms with E-state index < -0.39 is 0 Å². The summed E-state index contributed by atoms with van der Waals surface area (Å²) in [5.74, 6) is -0.0540. The standard InChI is InChI=1S/C10H16N2O3/c1-7-4-8(6-15-7)10(14)12-3-2-11-9(13)5-12/h7-8H,2-6H2,1H3,(H,11,13). The maximum absolute atomic E-state index is 12.0. The van der Waals surface area contributed by atoms with E-state index in [1.54, 1.807) is 4.90 Å². The first-order valence-electron chi connectivity index (χ1n) is 5.34. The van der Waals surface area contributed by atoms with Crippen molar-refractivity contribution in [2.24, 2.45) is 5.92 Å². The van der Waals surface area contributed by atoms with Crippen molar-refractivity contribution >= 4 is 11.8 Å². The largest absolute Gasteiger partial charge is 0.378 e. The molecule has 5 heteroatoms. The van der Waals surface area contributed by atoms with Crippen molar-refractivity contribution in [3.05, 3.63) is 0 Å². The lowest BCUT2D eigenvalue weighted by Gasteiger charge is -2.28. The molecule has 5 nitrogen and oxygen atoms in total. The Kier molecular flexibility index (Phi) is 2.90. The smallest absolute Gasteiger partial charge is 0.239 e. The fourth-order valence-corrected chi connectivity index (χ4v) is 2.07. The molecule has 0 saturated carbocycles. The summed E-state index contributed by atoms with van der Waals surface area (Å²) in [5, 5.41) is 2.70. The number of amides is 2. The van der Waals surface area contributed by atoms with Crippen LogP contribution >= 0.6 is 0 Å². The molecular weight excluding hydrogens is 196 g/mol. The highest BCUT2D eigenvalue weighted by molar-refractivity contribution is 5.87. The number of rotatable bonds is 1. The van der Waals surface area contributed by atoms with E-state index in [4.69, 9.17) is 4.74 Å². The van der Waals surface area contributed by atoms with Gasteiger partial charge in [-0.1, -0.05) is 0 Å². The van der Waals surface area contributed by atoms with E-state index >= 15 is 0 Å². The minimum absolute atomic E-state index is 0.0501. The number of piperazine rings is 1. The Hall–Kier alpha value is -1.10. The molecule has 0 bridgehead atoms. The summed E-state index contributed by atoms with van der Waals surface area (Å²) in [5.41, 5.74) is 0. The van der Waals surface area contributed by atoms with Crippen LogP contribution in [0.25, 0.3) is 0 Å². The molecule has 0 spiro atoms. The summed E-state index contributed by atoms with van der Waals surface area (Å²) in [4.78, 5) is 24.7. The Balaban J connectivity index is 1.92. The van der Waals surface area contributed by atoms with Crippen LogP contribution in [0.15, 0.2) is 0 Å². The van der Waals surface area contributed by atoms with Crippen molar-refractivity contribution in [3.63, 3.8) is 0 Å². The van der Waals surface area contributed by atoms with Crippen molar-refractivity contribution in [2.45, 2.75) is 19.4 Å². The first kappa shape index (κ1) is 10.4. The highest BCUT2D eigenvalue weighted by atomic mass is 16.5. The van der Waals surface area contributed by atoms with Crippen LogP contribution in [-0.4, -0.2) is 49.1 Å². The number of carbonyl (C=O) groups is 2. The second-order valence-electron chi connectivity index (χ2n) is 4.19. The quantitative estimate of drug-likeness (QED) is 0.629. The second-order valence-corrected chi connectivity index (χ2v) is 4.19. The minimum Gasteiger partial charge on any atom is -0.378 e. The molecule has 1 N–H and O–H groups in total.